The summed E-state index contributed by atoms with van der Waals surface area (Å²) in [5.74, 6) is 0.557. The van der Waals surface area contributed by atoms with Gasteiger partial charge < -0.3 is 20.1 Å². The number of hydrogen-bond donors (Lipinski definition) is 2. The van der Waals surface area contributed by atoms with E-state index in [2.05, 4.69) is 10.6 Å². The molecule has 1 saturated heterocycles. The molecule has 0 radical (unpaired) electrons. The molecule has 1 unspecified atom stereocenters. The van der Waals surface area contributed by atoms with Crippen molar-refractivity contribution >= 4 is 17.8 Å². The Morgan fingerprint density at radius 1 is 1.10 bits per heavy atom. The normalized spacial score (nSPS) is 18.0. The molecule has 0 aromatic heterocycles. The predicted octanol–water partition coefficient (Wildman–Crippen LogP) is 2.49. The van der Waals surface area contributed by atoms with Gasteiger partial charge in [-0.2, -0.15) is 0 Å². The minimum absolute atomic E-state index is 0.281. The molecule has 3 rings (SSSR count). The summed E-state index contributed by atoms with van der Waals surface area (Å²) < 4.78 is 10.4. The maximum Gasteiger partial charge on any atom is 0.325 e. The molecule has 1 aliphatic heterocycles. The molecule has 8 nitrogen and oxygen atoms in total. The van der Waals surface area contributed by atoms with E-state index in [1.165, 1.54) is 0 Å². The van der Waals surface area contributed by atoms with Gasteiger partial charge in [0, 0.05) is 6.54 Å². The van der Waals surface area contributed by atoms with Crippen molar-refractivity contribution in [3.8, 4) is 11.5 Å². The lowest BCUT2D eigenvalue weighted by Crippen LogP contribution is -2.44. The maximum atomic E-state index is 13.2. The van der Waals surface area contributed by atoms with Crippen molar-refractivity contribution in [2.24, 2.45) is 0 Å². The molecule has 2 N–H and O–H groups in total. The number of amides is 4. The van der Waals surface area contributed by atoms with Crippen LogP contribution in [0.25, 0.3) is 0 Å². The minimum atomic E-state index is -1.20. The van der Waals surface area contributed by atoms with Crippen LogP contribution in [-0.2, 0) is 21.7 Å². The third-order valence-corrected chi connectivity index (χ3v) is 5.54. The summed E-state index contributed by atoms with van der Waals surface area (Å²) in [6, 6.07) is 12.0. The van der Waals surface area contributed by atoms with Crippen molar-refractivity contribution in [2.75, 3.05) is 20.8 Å². The van der Waals surface area contributed by atoms with E-state index in [9.17, 15) is 14.4 Å². The highest BCUT2D eigenvalue weighted by molar-refractivity contribution is 6.09. The van der Waals surface area contributed by atoms with Gasteiger partial charge >= 0.3 is 6.03 Å². The van der Waals surface area contributed by atoms with Crippen molar-refractivity contribution in [2.45, 2.75) is 32.4 Å². The zero-order valence-corrected chi connectivity index (χ0v) is 18.2. The van der Waals surface area contributed by atoms with Crippen molar-refractivity contribution in [3.05, 3.63) is 59.2 Å². The van der Waals surface area contributed by atoms with Crippen LogP contribution in [0.4, 0.5) is 4.79 Å². The van der Waals surface area contributed by atoms with Gasteiger partial charge in [-0.25, -0.2) is 4.79 Å². The van der Waals surface area contributed by atoms with E-state index >= 15 is 0 Å². The summed E-state index contributed by atoms with van der Waals surface area (Å²) in [5, 5.41) is 5.54. The fraction of sp³-hybridized carbons (Fsp3) is 0.348. The Morgan fingerprint density at radius 2 is 1.81 bits per heavy atom. The van der Waals surface area contributed by atoms with Gasteiger partial charge in [0.2, 0.25) is 5.91 Å². The van der Waals surface area contributed by atoms with Crippen molar-refractivity contribution in [1.82, 2.24) is 15.5 Å². The summed E-state index contributed by atoms with van der Waals surface area (Å²) >= 11 is 0. The lowest BCUT2D eigenvalue weighted by atomic mass is 9.86. The topological polar surface area (TPSA) is 97.0 Å². The molecule has 2 aromatic carbocycles. The first-order valence-corrected chi connectivity index (χ1v) is 10.0. The molecular formula is C23H27N3O5. The number of ether oxygens (including phenoxy) is 2. The highest BCUT2D eigenvalue weighted by atomic mass is 16.5. The molecule has 0 spiro atoms. The van der Waals surface area contributed by atoms with Crippen LogP contribution in [0.2, 0.25) is 0 Å². The molecule has 2 aromatic rings. The van der Waals surface area contributed by atoms with Crippen LogP contribution in [-0.4, -0.2) is 43.5 Å². The number of nitrogens with one attached hydrogen (secondary N) is 2. The quantitative estimate of drug-likeness (QED) is 0.634. The molecule has 1 aliphatic rings. The highest BCUT2D eigenvalue weighted by Gasteiger charge is 2.51. The van der Waals surface area contributed by atoms with E-state index < -0.39 is 23.4 Å². The van der Waals surface area contributed by atoms with Gasteiger partial charge in [-0.1, -0.05) is 25.1 Å². The van der Waals surface area contributed by atoms with Gasteiger partial charge in [-0.15, -0.1) is 0 Å². The number of nitrogens with zero attached hydrogens (tertiary/aromatic N) is 1. The Labute approximate surface area is 181 Å². The summed E-state index contributed by atoms with van der Waals surface area (Å²) in [6.07, 6.45) is 0.354. The SMILES string of the molecule is CCC1(c2ccc(OC)c(C)c2)NC(=O)N(CC(=O)NCc2ccc(OC)cc2)C1=O. The fourth-order valence-corrected chi connectivity index (χ4v) is 3.70. The Balaban J connectivity index is 1.70. The fourth-order valence-electron chi connectivity index (χ4n) is 3.70. The van der Waals surface area contributed by atoms with Crippen molar-refractivity contribution < 1.29 is 23.9 Å². The number of benzene rings is 2. The molecule has 0 bridgehead atoms. The average molecular weight is 425 g/mol. The third-order valence-electron chi connectivity index (χ3n) is 5.54. The second kappa shape index (κ2) is 9.07. The molecule has 4 amide bonds. The van der Waals surface area contributed by atoms with Crippen LogP contribution in [0.3, 0.4) is 0 Å². The van der Waals surface area contributed by atoms with E-state index in [1.54, 1.807) is 38.5 Å². The summed E-state index contributed by atoms with van der Waals surface area (Å²) in [7, 11) is 3.16. The van der Waals surface area contributed by atoms with Crippen molar-refractivity contribution in [3.63, 3.8) is 0 Å². The van der Waals surface area contributed by atoms with E-state index in [-0.39, 0.29) is 13.1 Å². The standard InChI is InChI=1S/C23H27N3O5/c1-5-23(17-8-11-19(31-4)15(2)12-17)21(28)26(22(29)25-23)14-20(27)24-13-16-6-9-18(30-3)10-7-16/h6-12H,5,13-14H2,1-4H3,(H,24,27)(H,25,29). The van der Waals surface area contributed by atoms with Crippen molar-refractivity contribution in [1.29, 1.82) is 0 Å². The maximum absolute atomic E-state index is 13.2. The summed E-state index contributed by atoms with van der Waals surface area (Å²) in [5.41, 5.74) is 1.19. The lowest BCUT2D eigenvalue weighted by molar-refractivity contribution is -0.135. The molecule has 1 atom stereocenters. The number of rotatable bonds is 8. The van der Waals surface area contributed by atoms with E-state index in [0.717, 1.165) is 21.8 Å². The molecule has 31 heavy (non-hydrogen) atoms. The first-order chi connectivity index (χ1) is 14.8. The predicted molar refractivity (Wildman–Crippen MR) is 115 cm³/mol. The minimum Gasteiger partial charge on any atom is -0.497 e. The Kier molecular flexibility index (Phi) is 6.48. The molecule has 1 heterocycles. The lowest BCUT2D eigenvalue weighted by Gasteiger charge is -2.26. The number of methoxy groups -OCH3 is 2. The molecule has 1 fully saturated rings. The Bertz CT molecular complexity index is 989. The number of carbonyl (C=O) groups is 3. The van der Waals surface area contributed by atoms with Gasteiger partial charge in [0.25, 0.3) is 5.91 Å². The second-order valence-electron chi connectivity index (χ2n) is 7.39. The van der Waals surface area contributed by atoms with E-state index in [1.807, 2.05) is 32.0 Å². The van der Waals surface area contributed by atoms with Crippen LogP contribution in [0.5, 0.6) is 11.5 Å². The zero-order chi connectivity index (χ0) is 22.6. The van der Waals surface area contributed by atoms with Crippen LogP contribution in [0.15, 0.2) is 42.5 Å². The van der Waals surface area contributed by atoms with Gasteiger partial charge in [0.15, 0.2) is 0 Å². The monoisotopic (exact) mass is 425 g/mol. The van der Waals surface area contributed by atoms with E-state index in [4.69, 9.17) is 9.47 Å². The zero-order valence-electron chi connectivity index (χ0n) is 18.2. The van der Waals surface area contributed by atoms with Crippen LogP contribution in [0, 0.1) is 6.92 Å². The van der Waals surface area contributed by atoms with Gasteiger partial charge in [-0.3, -0.25) is 14.5 Å². The first kappa shape index (κ1) is 22.1. The van der Waals surface area contributed by atoms with Gasteiger partial charge in [-0.05, 0) is 54.3 Å². The Hall–Kier alpha value is -3.55. The number of carbonyl (C=O) groups excluding carboxylic acids is 3. The molecule has 164 valence electrons. The molecule has 8 heteroatoms. The second-order valence-corrected chi connectivity index (χ2v) is 7.39. The van der Waals surface area contributed by atoms with Gasteiger partial charge in [0.05, 0.1) is 14.2 Å². The third kappa shape index (κ3) is 4.33. The number of imide groups is 1. The highest BCUT2D eigenvalue weighted by Crippen LogP contribution is 2.34. The first-order valence-electron chi connectivity index (χ1n) is 10.0. The molecule has 0 aliphatic carbocycles. The Morgan fingerprint density at radius 3 is 2.39 bits per heavy atom. The number of urea groups is 1. The molecular weight excluding hydrogens is 398 g/mol. The van der Waals surface area contributed by atoms with E-state index in [0.29, 0.717) is 17.7 Å². The van der Waals surface area contributed by atoms with Gasteiger partial charge in [0.1, 0.15) is 23.6 Å². The number of aryl methyl sites for hydroxylation is 1. The van der Waals surface area contributed by atoms with Crippen LogP contribution >= 0.6 is 0 Å². The summed E-state index contributed by atoms with van der Waals surface area (Å²) in [6.45, 7) is 3.63. The van der Waals surface area contributed by atoms with Crippen LogP contribution < -0.4 is 20.1 Å². The largest absolute Gasteiger partial charge is 0.497 e. The summed E-state index contributed by atoms with van der Waals surface area (Å²) in [4.78, 5) is 39.2. The van der Waals surface area contributed by atoms with Crippen LogP contribution in [0.1, 0.15) is 30.0 Å². The smallest absolute Gasteiger partial charge is 0.325 e. The number of hydrogen-bond acceptors (Lipinski definition) is 5. The molecule has 0 saturated carbocycles. The average Bonchev–Trinajstić information content (AvgIpc) is 3.03.